The lowest BCUT2D eigenvalue weighted by molar-refractivity contribution is -0.120. The van der Waals surface area contributed by atoms with E-state index < -0.39 is 0 Å². The van der Waals surface area contributed by atoms with Crippen LogP contribution in [0.5, 0.6) is 0 Å². The predicted octanol–water partition coefficient (Wildman–Crippen LogP) is 1.80. The molecule has 2 aliphatic rings. The molecule has 138 valence electrons. The molecular weight excluding hydrogens is 429 g/mol. The van der Waals surface area contributed by atoms with Gasteiger partial charge in [-0.2, -0.15) is 0 Å². The second kappa shape index (κ2) is 9.84. The quantitative estimate of drug-likeness (QED) is 0.412. The van der Waals surface area contributed by atoms with Crippen molar-refractivity contribution in [3.8, 4) is 0 Å². The lowest BCUT2D eigenvalue weighted by atomic mass is 10.2. The van der Waals surface area contributed by atoms with Gasteiger partial charge < -0.3 is 20.4 Å². The zero-order valence-corrected chi connectivity index (χ0v) is 17.2. The molecular formula is C18H28IN5O. The molecule has 1 amide bonds. The third-order valence-corrected chi connectivity index (χ3v) is 4.49. The number of aliphatic imine (C=N–C) groups is 1. The molecule has 0 radical (unpaired) electrons. The van der Waals surface area contributed by atoms with Crippen molar-refractivity contribution >= 4 is 41.5 Å². The van der Waals surface area contributed by atoms with Crippen molar-refractivity contribution in [3.05, 3.63) is 29.8 Å². The summed E-state index contributed by atoms with van der Waals surface area (Å²) in [4.78, 5) is 20.7. The number of carbonyl (C=O) groups is 1. The van der Waals surface area contributed by atoms with Crippen molar-refractivity contribution in [2.24, 2.45) is 4.99 Å². The summed E-state index contributed by atoms with van der Waals surface area (Å²) in [6, 6.07) is 8.40. The average molecular weight is 457 g/mol. The van der Waals surface area contributed by atoms with Gasteiger partial charge in [-0.3, -0.25) is 4.79 Å². The molecule has 0 bridgehead atoms. The summed E-state index contributed by atoms with van der Waals surface area (Å²) in [6.07, 6.45) is 2.51. The van der Waals surface area contributed by atoms with E-state index in [0.29, 0.717) is 19.6 Å². The van der Waals surface area contributed by atoms with Gasteiger partial charge in [0, 0.05) is 38.4 Å². The number of anilines is 1. The van der Waals surface area contributed by atoms with Crippen LogP contribution in [-0.4, -0.2) is 56.0 Å². The van der Waals surface area contributed by atoms with Crippen LogP contribution in [0.25, 0.3) is 0 Å². The van der Waals surface area contributed by atoms with Crippen LogP contribution in [0, 0.1) is 0 Å². The molecule has 3 rings (SSSR count). The molecule has 7 heteroatoms. The summed E-state index contributed by atoms with van der Waals surface area (Å²) in [6.45, 7) is 7.90. The molecule has 0 spiro atoms. The summed E-state index contributed by atoms with van der Waals surface area (Å²) in [7, 11) is 0. The van der Waals surface area contributed by atoms with E-state index in [0.717, 1.165) is 37.8 Å². The van der Waals surface area contributed by atoms with Crippen molar-refractivity contribution < 1.29 is 4.79 Å². The van der Waals surface area contributed by atoms with Crippen LogP contribution in [0.1, 0.15) is 25.3 Å². The van der Waals surface area contributed by atoms with Crippen molar-refractivity contribution in [1.29, 1.82) is 0 Å². The zero-order valence-electron chi connectivity index (χ0n) is 14.8. The van der Waals surface area contributed by atoms with Crippen LogP contribution in [-0.2, 0) is 11.3 Å². The number of hydrogen-bond donors (Lipinski definition) is 2. The van der Waals surface area contributed by atoms with Crippen molar-refractivity contribution in [1.82, 2.24) is 15.5 Å². The Balaban J connectivity index is 0.00000225. The van der Waals surface area contributed by atoms with Crippen LogP contribution < -0.4 is 15.5 Å². The SMILES string of the molecule is CCNC(=NCc1ccc(N2CCNC(=O)C2)cc1)N1CCCC1.I. The van der Waals surface area contributed by atoms with Crippen LogP contribution >= 0.6 is 24.0 Å². The van der Waals surface area contributed by atoms with Crippen LogP contribution in [0.3, 0.4) is 0 Å². The maximum absolute atomic E-state index is 11.5. The summed E-state index contributed by atoms with van der Waals surface area (Å²) in [5, 5.41) is 6.24. The van der Waals surface area contributed by atoms with Gasteiger partial charge in [0.15, 0.2) is 5.96 Å². The predicted molar refractivity (Wildman–Crippen MR) is 113 cm³/mol. The number of halogens is 1. The fraction of sp³-hybridized carbons (Fsp3) is 0.556. The van der Waals surface area contributed by atoms with Crippen LogP contribution in [0.2, 0.25) is 0 Å². The van der Waals surface area contributed by atoms with E-state index in [1.165, 1.54) is 18.4 Å². The average Bonchev–Trinajstić information content (AvgIpc) is 3.13. The molecule has 0 unspecified atom stereocenters. The molecule has 1 aromatic carbocycles. The Morgan fingerprint density at radius 2 is 1.92 bits per heavy atom. The first-order valence-electron chi connectivity index (χ1n) is 8.90. The summed E-state index contributed by atoms with van der Waals surface area (Å²) in [5.41, 5.74) is 2.29. The first-order valence-corrected chi connectivity index (χ1v) is 8.90. The lowest BCUT2D eigenvalue weighted by Gasteiger charge is -2.28. The van der Waals surface area contributed by atoms with E-state index in [1.807, 2.05) is 0 Å². The van der Waals surface area contributed by atoms with E-state index >= 15 is 0 Å². The Labute approximate surface area is 167 Å². The fourth-order valence-corrected chi connectivity index (χ4v) is 3.19. The van der Waals surface area contributed by atoms with Gasteiger partial charge in [0.05, 0.1) is 13.1 Å². The minimum atomic E-state index is 0. The smallest absolute Gasteiger partial charge is 0.239 e. The maximum atomic E-state index is 11.5. The van der Waals surface area contributed by atoms with Gasteiger partial charge in [0.1, 0.15) is 0 Å². The number of hydrogen-bond acceptors (Lipinski definition) is 3. The van der Waals surface area contributed by atoms with Crippen molar-refractivity contribution in [2.45, 2.75) is 26.3 Å². The van der Waals surface area contributed by atoms with E-state index in [9.17, 15) is 4.79 Å². The molecule has 2 fully saturated rings. The third kappa shape index (κ3) is 5.49. The number of nitrogens with zero attached hydrogens (tertiary/aromatic N) is 3. The maximum Gasteiger partial charge on any atom is 0.239 e. The largest absolute Gasteiger partial charge is 0.360 e. The van der Waals surface area contributed by atoms with Gasteiger partial charge in [0.25, 0.3) is 0 Å². The second-order valence-electron chi connectivity index (χ2n) is 6.30. The highest BCUT2D eigenvalue weighted by molar-refractivity contribution is 14.0. The summed E-state index contributed by atoms with van der Waals surface area (Å²) >= 11 is 0. The van der Waals surface area contributed by atoms with Crippen molar-refractivity contribution in [2.75, 3.05) is 44.2 Å². The summed E-state index contributed by atoms with van der Waals surface area (Å²) in [5.74, 6) is 1.11. The Kier molecular flexibility index (Phi) is 7.80. The molecule has 0 aromatic heterocycles. The third-order valence-electron chi connectivity index (χ3n) is 4.49. The minimum Gasteiger partial charge on any atom is -0.360 e. The Morgan fingerprint density at radius 3 is 2.56 bits per heavy atom. The second-order valence-corrected chi connectivity index (χ2v) is 6.30. The highest BCUT2D eigenvalue weighted by atomic mass is 127. The van der Waals surface area contributed by atoms with E-state index in [4.69, 9.17) is 4.99 Å². The fourth-order valence-electron chi connectivity index (χ4n) is 3.19. The molecule has 2 aliphatic heterocycles. The lowest BCUT2D eigenvalue weighted by Crippen LogP contribution is -2.47. The number of benzene rings is 1. The molecule has 2 heterocycles. The van der Waals surface area contributed by atoms with Gasteiger partial charge >= 0.3 is 0 Å². The summed E-state index contributed by atoms with van der Waals surface area (Å²) < 4.78 is 0. The number of piperazine rings is 1. The molecule has 0 saturated carbocycles. The highest BCUT2D eigenvalue weighted by Crippen LogP contribution is 2.17. The normalized spacial score (nSPS) is 18.0. The van der Waals surface area contributed by atoms with Gasteiger partial charge in [-0.05, 0) is 37.5 Å². The molecule has 0 aliphatic carbocycles. The standard InChI is InChI=1S/C18H27N5O.HI/c1-2-19-18(22-10-3-4-11-22)21-13-15-5-7-16(8-6-15)23-12-9-20-17(24)14-23;/h5-8H,2-4,9-14H2,1H3,(H,19,21)(H,20,24);1H. The number of amides is 1. The topological polar surface area (TPSA) is 60.0 Å². The molecule has 2 saturated heterocycles. The van der Waals surface area contributed by atoms with E-state index in [1.54, 1.807) is 0 Å². The van der Waals surface area contributed by atoms with Gasteiger partial charge in [-0.15, -0.1) is 24.0 Å². The highest BCUT2D eigenvalue weighted by Gasteiger charge is 2.17. The molecule has 2 N–H and O–H groups in total. The first kappa shape index (κ1) is 19.8. The van der Waals surface area contributed by atoms with Crippen molar-refractivity contribution in [3.63, 3.8) is 0 Å². The molecule has 6 nitrogen and oxygen atoms in total. The minimum absolute atomic E-state index is 0. The molecule has 0 atom stereocenters. The van der Waals surface area contributed by atoms with Gasteiger partial charge in [-0.1, -0.05) is 12.1 Å². The first-order chi connectivity index (χ1) is 11.8. The Morgan fingerprint density at radius 1 is 1.20 bits per heavy atom. The number of carbonyl (C=O) groups excluding carboxylic acids is 1. The molecule has 25 heavy (non-hydrogen) atoms. The monoisotopic (exact) mass is 457 g/mol. The van der Waals surface area contributed by atoms with E-state index in [2.05, 4.69) is 51.6 Å². The molecule has 1 aromatic rings. The number of rotatable bonds is 4. The number of guanidine groups is 1. The van der Waals surface area contributed by atoms with E-state index in [-0.39, 0.29) is 29.9 Å². The van der Waals surface area contributed by atoms with Gasteiger partial charge in [0.2, 0.25) is 5.91 Å². The Bertz CT molecular complexity index is 584. The van der Waals surface area contributed by atoms with Gasteiger partial charge in [-0.25, -0.2) is 4.99 Å². The Hall–Kier alpha value is -1.51. The van der Waals surface area contributed by atoms with Crippen LogP contribution in [0.4, 0.5) is 5.69 Å². The van der Waals surface area contributed by atoms with Crippen LogP contribution in [0.15, 0.2) is 29.3 Å². The number of nitrogens with one attached hydrogen (secondary N) is 2. The number of likely N-dealkylation sites (tertiary alicyclic amines) is 1. The zero-order chi connectivity index (χ0) is 16.8.